The summed E-state index contributed by atoms with van der Waals surface area (Å²) >= 11 is 0. The number of nitrogens with one attached hydrogen (secondary N) is 1. The number of benzene rings is 1. The second-order valence-electron chi connectivity index (χ2n) is 4.74. The summed E-state index contributed by atoms with van der Waals surface area (Å²) in [4.78, 5) is 21.4. The normalized spacial score (nSPS) is 12.8. The molecule has 0 bridgehead atoms. The van der Waals surface area contributed by atoms with E-state index in [1.54, 1.807) is 13.8 Å². The van der Waals surface area contributed by atoms with Crippen LogP contribution in [0.1, 0.15) is 42.9 Å². The maximum Gasteiger partial charge on any atom is 0.332 e. The summed E-state index contributed by atoms with van der Waals surface area (Å²) in [6.07, 6.45) is -0.0768. The van der Waals surface area contributed by atoms with Gasteiger partial charge in [0, 0.05) is 11.5 Å². The van der Waals surface area contributed by atoms with Crippen LogP contribution in [0.15, 0.2) is 23.3 Å². The van der Waals surface area contributed by atoms with E-state index < -0.39 is 12.0 Å². The van der Waals surface area contributed by atoms with Crippen molar-refractivity contribution in [2.45, 2.75) is 33.1 Å². The highest BCUT2D eigenvalue weighted by molar-refractivity contribution is 6.00. The number of aryl methyl sites for hydroxylation is 1. The number of carbonyl (C=O) groups excluding carboxylic acids is 2. The molecule has 0 spiro atoms. The van der Waals surface area contributed by atoms with E-state index >= 15 is 0 Å². The lowest BCUT2D eigenvalue weighted by Gasteiger charge is -2.17. The molecule has 0 aliphatic heterocycles. The molecule has 0 heterocycles. The molecule has 1 rings (SSSR count). The first-order chi connectivity index (χ1) is 9.31. The molecule has 0 radical (unpaired) electrons. The number of amides is 2. The molecule has 1 aromatic rings. The molecular weight excluding hydrogens is 258 g/mol. The van der Waals surface area contributed by atoms with Crippen LogP contribution in [0, 0.1) is 6.92 Å². The summed E-state index contributed by atoms with van der Waals surface area (Å²) in [6.45, 7) is 5.45. The Bertz CT molecular complexity index is 553. The van der Waals surface area contributed by atoms with Gasteiger partial charge >= 0.3 is 6.03 Å². The molecule has 20 heavy (non-hydrogen) atoms. The second kappa shape index (κ2) is 6.70. The number of primary amides is 1. The average Bonchev–Trinajstić information content (AvgIpc) is 2.34. The highest BCUT2D eigenvalue weighted by Crippen LogP contribution is 2.24. The predicted octanol–water partition coefficient (Wildman–Crippen LogP) is 0.631. The molecule has 3 N–H and O–H groups in total. The number of hydrogen-bond donors (Lipinski definition) is 2. The Morgan fingerprint density at radius 1 is 1.45 bits per heavy atom. The summed E-state index contributed by atoms with van der Waals surface area (Å²) in [5.74, 6) is -1.32. The van der Waals surface area contributed by atoms with Crippen molar-refractivity contribution in [3.63, 3.8) is 0 Å². The first kappa shape index (κ1) is 15.7. The highest BCUT2D eigenvalue weighted by atomic mass is 16.4. The smallest absolute Gasteiger partial charge is 0.332 e. The van der Waals surface area contributed by atoms with Gasteiger partial charge in [-0.2, -0.15) is 5.10 Å². The van der Waals surface area contributed by atoms with E-state index in [1.807, 2.05) is 25.1 Å². The molecule has 1 atom stereocenters. The first-order valence-electron chi connectivity index (χ1n) is 6.21. The molecule has 0 unspecified atom stereocenters. The molecule has 108 valence electrons. The zero-order valence-corrected chi connectivity index (χ0v) is 11.8. The monoisotopic (exact) mass is 276 g/mol. The van der Waals surface area contributed by atoms with Crippen LogP contribution < -0.4 is 16.3 Å². The lowest BCUT2D eigenvalue weighted by molar-refractivity contribution is -0.306. The van der Waals surface area contributed by atoms with E-state index in [0.29, 0.717) is 5.71 Å². The first-order valence-corrected chi connectivity index (χ1v) is 6.21. The van der Waals surface area contributed by atoms with Crippen molar-refractivity contribution in [1.29, 1.82) is 0 Å². The molecule has 0 fully saturated rings. The zero-order chi connectivity index (χ0) is 15.3. The lowest BCUT2D eigenvalue weighted by Crippen LogP contribution is -2.26. The number of urea groups is 1. The molecule has 0 aliphatic carbocycles. The molecule has 0 aliphatic rings. The summed E-state index contributed by atoms with van der Waals surface area (Å²) in [5.41, 5.74) is 10.3. The third-order valence-corrected chi connectivity index (χ3v) is 2.94. The van der Waals surface area contributed by atoms with E-state index in [1.165, 1.54) is 0 Å². The van der Waals surface area contributed by atoms with Gasteiger partial charge in [0.25, 0.3) is 0 Å². The summed E-state index contributed by atoms with van der Waals surface area (Å²) in [7, 11) is 0. The molecule has 1 aromatic carbocycles. The van der Waals surface area contributed by atoms with Gasteiger partial charge in [0.1, 0.15) is 0 Å². The maximum absolute atomic E-state index is 10.7. The molecule has 2 amide bonds. The fourth-order valence-electron chi connectivity index (χ4n) is 1.97. The van der Waals surface area contributed by atoms with Gasteiger partial charge < -0.3 is 15.6 Å². The van der Waals surface area contributed by atoms with Gasteiger partial charge in [0.15, 0.2) is 0 Å². The van der Waals surface area contributed by atoms with Crippen molar-refractivity contribution in [3.8, 4) is 0 Å². The number of carboxylic acids is 1. The van der Waals surface area contributed by atoms with Crippen molar-refractivity contribution in [3.05, 3.63) is 34.9 Å². The van der Waals surface area contributed by atoms with Crippen molar-refractivity contribution >= 4 is 17.7 Å². The number of hydrogen-bond acceptors (Lipinski definition) is 4. The van der Waals surface area contributed by atoms with Crippen molar-refractivity contribution in [1.82, 2.24) is 5.43 Å². The van der Waals surface area contributed by atoms with Crippen LogP contribution in [0.3, 0.4) is 0 Å². The molecular formula is C14H18N3O3-. The van der Waals surface area contributed by atoms with Gasteiger partial charge in [-0.15, -0.1) is 0 Å². The number of carboxylic acid groups (broad SMARTS) is 1. The standard InChI is InChI=1S/C14H19N3O3/c1-8-4-5-11(9(2)7-13(18)19)12(6-8)10(3)16-17-14(15)20/h4-6,9H,7H2,1-3H3,(H,18,19)(H3,15,17,20)/p-1/b16-10-/t9-/m0/s1. The lowest BCUT2D eigenvalue weighted by atomic mass is 9.90. The fraction of sp³-hybridized carbons (Fsp3) is 0.357. The van der Waals surface area contributed by atoms with E-state index in [0.717, 1.165) is 16.7 Å². The number of nitrogens with zero attached hydrogens (tertiary/aromatic N) is 1. The van der Waals surface area contributed by atoms with E-state index in [-0.39, 0.29) is 12.3 Å². The molecule has 0 saturated carbocycles. The molecule has 6 nitrogen and oxygen atoms in total. The minimum absolute atomic E-state index is 0.0768. The summed E-state index contributed by atoms with van der Waals surface area (Å²) < 4.78 is 0. The Labute approximate surface area is 117 Å². The number of rotatable bonds is 5. The topological polar surface area (TPSA) is 108 Å². The number of nitrogens with two attached hydrogens (primary N) is 1. The van der Waals surface area contributed by atoms with Crippen LogP contribution in [0.25, 0.3) is 0 Å². The van der Waals surface area contributed by atoms with Crippen LogP contribution in [0.4, 0.5) is 4.79 Å². The Morgan fingerprint density at radius 2 is 2.10 bits per heavy atom. The molecule has 6 heteroatoms. The van der Waals surface area contributed by atoms with Crippen LogP contribution in [-0.2, 0) is 4.79 Å². The Kier molecular flexibility index (Phi) is 5.25. The van der Waals surface area contributed by atoms with Crippen molar-refractivity contribution in [2.24, 2.45) is 10.8 Å². The SMILES string of the molecule is C/C(=N/NC(N)=O)c1cc(C)ccc1[C@@H](C)CC(=O)[O-]. The van der Waals surface area contributed by atoms with Crippen molar-refractivity contribution in [2.75, 3.05) is 0 Å². The van der Waals surface area contributed by atoms with Crippen LogP contribution in [-0.4, -0.2) is 17.7 Å². The summed E-state index contributed by atoms with van der Waals surface area (Å²) in [6, 6.07) is 4.91. The van der Waals surface area contributed by atoms with Crippen LogP contribution >= 0.6 is 0 Å². The van der Waals surface area contributed by atoms with Crippen molar-refractivity contribution < 1.29 is 14.7 Å². The van der Waals surface area contributed by atoms with E-state index in [4.69, 9.17) is 5.73 Å². The molecule has 0 aromatic heterocycles. The average molecular weight is 276 g/mol. The van der Waals surface area contributed by atoms with Gasteiger partial charge in [0.05, 0.1) is 5.71 Å². The van der Waals surface area contributed by atoms with Gasteiger partial charge in [-0.05, 0) is 37.8 Å². The minimum atomic E-state index is -1.10. The van der Waals surface area contributed by atoms with E-state index in [2.05, 4.69) is 10.5 Å². The minimum Gasteiger partial charge on any atom is -0.550 e. The van der Waals surface area contributed by atoms with Gasteiger partial charge in [-0.1, -0.05) is 24.6 Å². The fourth-order valence-corrected chi connectivity index (χ4v) is 1.97. The number of aliphatic carboxylic acids is 1. The third kappa shape index (κ3) is 4.38. The summed E-state index contributed by atoms with van der Waals surface area (Å²) in [5, 5.41) is 14.6. The molecule has 0 saturated heterocycles. The maximum atomic E-state index is 10.7. The van der Waals surface area contributed by atoms with E-state index in [9.17, 15) is 14.7 Å². The Balaban J connectivity index is 3.16. The zero-order valence-electron chi connectivity index (χ0n) is 11.8. The van der Waals surface area contributed by atoms with Crippen LogP contribution in [0.5, 0.6) is 0 Å². The quantitative estimate of drug-likeness (QED) is 0.608. The second-order valence-corrected chi connectivity index (χ2v) is 4.74. The van der Waals surface area contributed by atoms with Crippen LogP contribution in [0.2, 0.25) is 0 Å². The number of hydrazone groups is 1. The van der Waals surface area contributed by atoms with Gasteiger partial charge in [-0.3, -0.25) is 0 Å². The number of carbonyl (C=O) groups is 2. The largest absolute Gasteiger partial charge is 0.550 e. The Hall–Kier alpha value is -2.37. The highest BCUT2D eigenvalue weighted by Gasteiger charge is 2.13. The predicted molar refractivity (Wildman–Crippen MR) is 74.1 cm³/mol. The Morgan fingerprint density at radius 3 is 2.65 bits per heavy atom. The van der Waals surface area contributed by atoms with Gasteiger partial charge in [0.2, 0.25) is 0 Å². The third-order valence-electron chi connectivity index (χ3n) is 2.94. The van der Waals surface area contributed by atoms with Gasteiger partial charge in [-0.25, -0.2) is 10.2 Å².